The van der Waals surface area contributed by atoms with Gasteiger partial charge in [-0.25, -0.2) is 4.99 Å². The van der Waals surface area contributed by atoms with Gasteiger partial charge >= 0.3 is 0 Å². The quantitative estimate of drug-likeness (QED) is 0.410. The van der Waals surface area contributed by atoms with Crippen LogP contribution in [-0.2, 0) is 0 Å². The molecule has 80 valence electrons. The number of rotatable bonds is 3. The van der Waals surface area contributed by atoms with Crippen LogP contribution in [0.4, 0.5) is 0 Å². The zero-order chi connectivity index (χ0) is 10.4. The monoisotopic (exact) mass is 195 g/mol. The second-order valence-electron chi connectivity index (χ2n) is 4.13. The second-order valence-corrected chi connectivity index (χ2v) is 4.13. The number of guanidine groups is 1. The molecule has 3 heteroatoms. The average molecular weight is 195 g/mol. The molecule has 1 aliphatic carbocycles. The van der Waals surface area contributed by atoms with Gasteiger partial charge in [0.05, 0.1) is 6.54 Å². The van der Waals surface area contributed by atoms with Crippen molar-refractivity contribution in [3.63, 3.8) is 0 Å². The number of nitrogens with one attached hydrogen (secondary N) is 1. The maximum Gasteiger partial charge on any atom is 0.189 e. The third-order valence-corrected chi connectivity index (χ3v) is 2.47. The van der Waals surface area contributed by atoms with E-state index in [0.717, 1.165) is 0 Å². The first-order valence-corrected chi connectivity index (χ1v) is 5.38. The SMILES string of the molecule is CC(C)=CCN=C(N)NC1CCCC1. The Labute approximate surface area is 86.5 Å². The van der Waals surface area contributed by atoms with Crippen molar-refractivity contribution in [3.8, 4) is 0 Å². The molecule has 0 bridgehead atoms. The van der Waals surface area contributed by atoms with E-state index in [9.17, 15) is 0 Å². The Kier molecular flexibility index (Phi) is 4.50. The highest BCUT2D eigenvalue weighted by molar-refractivity contribution is 5.78. The van der Waals surface area contributed by atoms with Crippen LogP contribution in [0, 0.1) is 0 Å². The summed E-state index contributed by atoms with van der Waals surface area (Å²) in [5.41, 5.74) is 7.03. The molecule has 0 amide bonds. The summed E-state index contributed by atoms with van der Waals surface area (Å²) in [4.78, 5) is 4.23. The van der Waals surface area contributed by atoms with Crippen molar-refractivity contribution in [1.29, 1.82) is 0 Å². The third-order valence-electron chi connectivity index (χ3n) is 2.47. The Morgan fingerprint density at radius 3 is 2.64 bits per heavy atom. The molecule has 0 heterocycles. The lowest BCUT2D eigenvalue weighted by Crippen LogP contribution is -2.38. The molecule has 1 rings (SSSR count). The Morgan fingerprint density at radius 1 is 1.43 bits per heavy atom. The number of hydrogen-bond donors (Lipinski definition) is 2. The van der Waals surface area contributed by atoms with E-state index in [1.54, 1.807) is 0 Å². The molecule has 1 fully saturated rings. The minimum absolute atomic E-state index is 0.561. The number of hydrogen-bond acceptors (Lipinski definition) is 1. The Hall–Kier alpha value is -0.990. The number of nitrogens with two attached hydrogens (primary N) is 1. The van der Waals surface area contributed by atoms with Gasteiger partial charge in [0.2, 0.25) is 0 Å². The summed E-state index contributed by atoms with van der Waals surface area (Å²) < 4.78 is 0. The molecule has 0 aliphatic heterocycles. The van der Waals surface area contributed by atoms with E-state index in [4.69, 9.17) is 5.73 Å². The summed E-state index contributed by atoms with van der Waals surface area (Å²) in [6, 6.07) is 0.561. The van der Waals surface area contributed by atoms with E-state index < -0.39 is 0 Å². The largest absolute Gasteiger partial charge is 0.370 e. The molecule has 0 aromatic heterocycles. The molecule has 1 saturated carbocycles. The van der Waals surface area contributed by atoms with E-state index in [-0.39, 0.29) is 0 Å². The standard InChI is InChI=1S/C11H21N3/c1-9(2)7-8-13-11(12)14-10-5-3-4-6-10/h7,10H,3-6,8H2,1-2H3,(H3,12,13,14). The molecule has 1 aliphatic rings. The molecular formula is C11H21N3. The van der Waals surface area contributed by atoms with Crippen LogP contribution in [0.3, 0.4) is 0 Å². The summed E-state index contributed by atoms with van der Waals surface area (Å²) in [7, 11) is 0. The van der Waals surface area contributed by atoms with E-state index >= 15 is 0 Å². The van der Waals surface area contributed by atoms with Gasteiger partial charge in [-0.1, -0.05) is 24.5 Å². The van der Waals surface area contributed by atoms with Crippen molar-refractivity contribution in [2.45, 2.75) is 45.6 Å². The molecule has 0 aromatic rings. The van der Waals surface area contributed by atoms with Crippen molar-refractivity contribution in [2.24, 2.45) is 10.7 Å². The summed E-state index contributed by atoms with van der Waals surface area (Å²) in [5.74, 6) is 0.592. The Balaban J connectivity index is 2.25. The van der Waals surface area contributed by atoms with Crippen LogP contribution in [0.5, 0.6) is 0 Å². The van der Waals surface area contributed by atoms with Gasteiger partial charge in [0.1, 0.15) is 0 Å². The van der Waals surface area contributed by atoms with Crippen molar-refractivity contribution >= 4 is 5.96 Å². The van der Waals surface area contributed by atoms with Crippen LogP contribution in [0.15, 0.2) is 16.6 Å². The number of nitrogens with zero attached hydrogens (tertiary/aromatic N) is 1. The van der Waals surface area contributed by atoms with Crippen LogP contribution in [0.2, 0.25) is 0 Å². The molecule has 3 N–H and O–H groups in total. The predicted molar refractivity (Wildman–Crippen MR) is 61.3 cm³/mol. The zero-order valence-corrected chi connectivity index (χ0v) is 9.21. The first-order chi connectivity index (χ1) is 6.68. The summed E-state index contributed by atoms with van der Waals surface area (Å²) >= 11 is 0. The Morgan fingerprint density at radius 2 is 2.07 bits per heavy atom. The van der Waals surface area contributed by atoms with Gasteiger partial charge in [-0.15, -0.1) is 0 Å². The minimum Gasteiger partial charge on any atom is -0.370 e. The van der Waals surface area contributed by atoms with Gasteiger partial charge in [-0.3, -0.25) is 0 Å². The van der Waals surface area contributed by atoms with Crippen LogP contribution in [0.1, 0.15) is 39.5 Å². The third kappa shape index (κ3) is 4.30. The minimum atomic E-state index is 0.561. The fourth-order valence-electron chi connectivity index (χ4n) is 1.65. The van der Waals surface area contributed by atoms with E-state index in [2.05, 4.69) is 30.2 Å². The molecule has 0 saturated heterocycles. The van der Waals surface area contributed by atoms with Gasteiger partial charge in [-0.2, -0.15) is 0 Å². The van der Waals surface area contributed by atoms with Crippen molar-refractivity contribution in [3.05, 3.63) is 11.6 Å². The van der Waals surface area contributed by atoms with Crippen LogP contribution < -0.4 is 11.1 Å². The van der Waals surface area contributed by atoms with E-state index in [0.29, 0.717) is 18.5 Å². The first-order valence-electron chi connectivity index (χ1n) is 5.38. The lowest BCUT2D eigenvalue weighted by Gasteiger charge is -2.11. The fourth-order valence-corrected chi connectivity index (χ4v) is 1.65. The van der Waals surface area contributed by atoms with Crippen LogP contribution in [-0.4, -0.2) is 18.5 Å². The van der Waals surface area contributed by atoms with E-state index in [1.807, 2.05) is 0 Å². The highest BCUT2D eigenvalue weighted by Crippen LogP contribution is 2.17. The summed E-state index contributed by atoms with van der Waals surface area (Å²) in [5, 5.41) is 3.25. The normalized spacial score (nSPS) is 18.3. The summed E-state index contributed by atoms with van der Waals surface area (Å²) in [6.07, 6.45) is 7.18. The highest BCUT2D eigenvalue weighted by atomic mass is 15.1. The molecule has 0 unspecified atom stereocenters. The first kappa shape index (κ1) is 11.1. The second kappa shape index (κ2) is 5.68. The van der Waals surface area contributed by atoms with Crippen molar-refractivity contribution in [2.75, 3.05) is 6.54 Å². The highest BCUT2D eigenvalue weighted by Gasteiger charge is 2.14. The lowest BCUT2D eigenvalue weighted by molar-refractivity contribution is 0.626. The van der Waals surface area contributed by atoms with Gasteiger partial charge in [0.15, 0.2) is 5.96 Å². The van der Waals surface area contributed by atoms with Crippen molar-refractivity contribution < 1.29 is 0 Å². The molecule has 0 radical (unpaired) electrons. The Bertz CT molecular complexity index is 221. The molecule has 0 atom stereocenters. The molecule has 0 spiro atoms. The van der Waals surface area contributed by atoms with Crippen LogP contribution >= 0.6 is 0 Å². The number of aliphatic imine (C=N–C) groups is 1. The topological polar surface area (TPSA) is 50.4 Å². The predicted octanol–water partition coefficient (Wildman–Crippen LogP) is 1.80. The van der Waals surface area contributed by atoms with Gasteiger partial charge in [0.25, 0.3) is 0 Å². The van der Waals surface area contributed by atoms with E-state index in [1.165, 1.54) is 31.3 Å². The zero-order valence-electron chi connectivity index (χ0n) is 9.21. The average Bonchev–Trinajstić information content (AvgIpc) is 2.56. The lowest BCUT2D eigenvalue weighted by atomic mass is 10.2. The summed E-state index contributed by atoms with van der Waals surface area (Å²) in [6.45, 7) is 4.82. The smallest absolute Gasteiger partial charge is 0.189 e. The molecule has 3 nitrogen and oxygen atoms in total. The van der Waals surface area contributed by atoms with Gasteiger partial charge in [0, 0.05) is 6.04 Å². The van der Waals surface area contributed by atoms with Crippen LogP contribution in [0.25, 0.3) is 0 Å². The van der Waals surface area contributed by atoms with Crippen molar-refractivity contribution in [1.82, 2.24) is 5.32 Å². The molecule has 14 heavy (non-hydrogen) atoms. The maximum absolute atomic E-state index is 5.75. The maximum atomic E-state index is 5.75. The van der Waals surface area contributed by atoms with Gasteiger partial charge < -0.3 is 11.1 Å². The number of allylic oxidation sites excluding steroid dienone is 1. The molecular weight excluding hydrogens is 174 g/mol. The molecule has 0 aromatic carbocycles. The fraction of sp³-hybridized carbons (Fsp3) is 0.727. The van der Waals surface area contributed by atoms with Gasteiger partial charge in [-0.05, 0) is 26.7 Å².